The highest BCUT2D eigenvalue weighted by Crippen LogP contribution is 2.11. The molecule has 142 valence electrons. The molecule has 5 nitrogen and oxygen atoms in total. The normalized spacial score (nSPS) is 19.4. The highest BCUT2D eigenvalue weighted by molar-refractivity contribution is 14.0. The molecule has 7 heteroatoms. The second-order valence-corrected chi connectivity index (χ2v) is 7.01. The Bertz CT molecular complexity index is 537. The maximum Gasteiger partial charge on any atom is 0.194 e. The van der Waals surface area contributed by atoms with E-state index in [9.17, 15) is 0 Å². The van der Waals surface area contributed by atoms with Gasteiger partial charge in [-0.3, -0.25) is 9.89 Å². The molecule has 1 saturated heterocycles. The summed E-state index contributed by atoms with van der Waals surface area (Å²) >= 11 is 5.96. The van der Waals surface area contributed by atoms with Crippen LogP contribution in [0.3, 0.4) is 0 Å². The van der Waals surface area contributed by atoms with Crippen molar-refractivity contribution in [2.45, 2.75) is 19.5 Å². The summed E-state index contributed by atoms with van der Waals surface area (Å²) in [7, 11) is 6.45. The predicted octanol–water partition coefficient (Wildman–Crippen LogP) is 2.60. The van der Waals surface area contributed by atoms with Gasteiger partial charge in [0.1, 0.15) is 0 Å². The van der Waals surface area contributed by atoms with Crippen molar-refractivity contribution in [2.75, 3.05) is 53.9 Å². The zero-order chi connectivity index (χ0) is 17.5. The van der Waals surface area contributed by atoms with Gasteiger partial charge in [-0.15, -0.1) is 24.0 Å². The molecule has 1 N–H and O–H groups in total. The van der Waals surface area contributed by atoms with Crippen LogP contribution in [0.1, 0.15) is 12.5 Å². The third-order valence-corrected chi connectivity index (χ3v) is 4.71. The lowest BCUT2D eigenvalue weighted by molar-refractivity contribution is 0.119. The highest BCUT2D eigenvalue weighted by Gasteiger charge is 2.22. The van der Waals surface area contributed by atoms with Crippen LogP contribution >= 0.6 is 35.6 Å². The number of halogens is 2. The zero-order valence-corrected chi connectivity index (χ0v) is 18.8. The first-order valence-corrected chi connectivity index (χ1v) is 9.00. The number of rotatable bonds is 5. The van der Waals surface area contributed by atoms with E-state index in [1.165, 1.54) is 5.56 Å². The van der Waals surface area contributed by atoms with E-state index in [2.05, 4.69) is 60.2 Å². The predicted molar refractivity (Wildman–Crippen MR) is 118 cm³/mol. The maximum atomic E-state index is 5.96. The van der Waals surface area contributed by atoms with Crippen molar-refractivity contribution in [3.05, 3.63) is 34.9 Å². The molecule has 1 unspecified atom stereocenters. The summed E-state index contributed by atoms with van der Waals surface area (Å²) in [6.45, 7) is 7.90. The number of hydrogen-bond acceptors (Lipinski definition) is 3. The van der Waals surface area contributed by atoms with Crippen molar-refractivity contribution in [1.29, 1.82) is 0 Å². The van der Waals surface area contributed by atoms with Gasteiger partial charge in [-0.25, -0.2) is 0 Å². The van der Waals surface area contributed by atoms with Gasteiger partial charge in [0.2, 0.25) is 0 Å². The van der Waals surface area contributed by atoms with Gasteiger partial charge in [0.05, 0.1) is 6.54 Å². The number of piperazine rings is 1. The van der Waals surface area contributed by atoms with Gasteiger partial charge < -0.3 is 15.1 Å². The monoisotopic (exact) mass is 479 g/mol. The van der Waals surface area contributed by atoms with Crippen LogP contribution in [0.5, 0.6) is 0 Å². The molecule has 2 rings (SSSR count). The molecule has 0 aliphatic carbocycles. The van der Waals surface area contributed by atoms with Crippen LogP contribution in [0.4, 0.5) is 0 Å². The Kier molecular flexibility index (Phi) is 10.1. The Balaban J connectivity index is 0.00000312. The maximum absolute atomic E-state index is 5.96. The van der Waals surface area contributed by atoms with E-state index in [-0.39, 0.29) is 24.0 Å². The molecule has 0 amide bonds. The number of nitrogens with zero attached hydrogens (tertiary/aromatic N) is 4. The molecule has 25 heavy (non-hydrogen) atoms. The fourth-order valence-corrected chi connectivity index (χ4v) is 3.02. The van der Waals surface area contributed by atoms with Gasteiger partial charge >= 0.3 is 0 Å². The molecule has 0 spiro atoms. The topological polar surface area (TPSA) is 34.1 Å². The van der Waals surface area contributed by atoms with E-state index in [1.807, 2.05) is 12.1 Å². The number of aliphatic imine (C=N–C) groups is 1. The largest absolute Gasteiger partial charge is 0.357 e. The third-order valence-electron chi connectivity index (χ3n) is 4.46. The average molecular weight is 480 g/mol. The Morgan fingerprint density at radius 1 is 1.28 bits per heavy atom. The van der Waals surface area contributed by atoms with E-state index < -0.39 is 0 Å². The third kappa shape index (κ3) is 7.29. The Labute approximate surface area is 174 Å². The van der Waals surface area contributed by atoms with Crippen LogP contribution in [0.15, 0.2) is 29.3 Å². The van der Waals surface area contributed by atoms with Crippen LogP contribution in [0.25, 0.3) is 0 Å². The number of likely N-dealkylation sites (N-methyl/N-ethyl adjacent to an activating group) is 2. The van der Waals surface area contributed by atoms with Gasteiger partial charge in [0, 0.05) is 50.8 Å². The van der Waals surface area contributed by atoms with E-state index >= 15 is 0 Å². The van der Waals surface area contributed by atoms with Gasteiger partial charge in [0.25, 0.3) is 0 Å². The second-order valence-electron chi connectivity index (χ2n) is 6.57. The molecule has 1 aliphatic rings. The van der Waals surface area contributed by atoms with Gasteiger partial charge in [-0.1, -0.05) is 23.7 Å². The Morgan fingerprint density at radius 2 is 1.96 bits per heavy atom. The minimum absolute atomic E-state index is 0. The molecule has 0 bridgehead atoms. The van der Waals surface area contributed by atoms with Crippen LogP contribution in [-0.2, 0) is 6.54 Å². The molecular weight excluding hydrogens is 449 g/mol. The lowest BCUT2D eigenvalue weighted by Gasteiger charge is -2.37. The minimum Gasteiger partial charge on any atom is -0.357 e. The fourth-order valence-electron chi connectivity index (χ4n) is 2.90. The molecule has 0 aromatic heterocycles. The van der Waals surface area contributed by atoms with Crippen molar-refractivity contribution < 1.29 is 0 Å². The van der Waals surface area contributed by atoms with E-state index in [0.717, 1.165) is 50.3 Å². The lowest BCUT2D eigenvalue weighted by atomic mass is 10.2. The summed E-state index contributed by atoms with van der Waals surface area (Å²) in [6, 6.07) is 8.46. The Morgan fingerprint density at radius 3 is 2.60 bits per heavy atom. The number of hydrogen-bond donors (Lipinski definition) is 1. The molecule has 0 saturated carbocycles. The standard InChI is InChI=1S/C18H30ClN5.HI/c1-5-20-18(21-12-17-14-22(2)10-11-23(17)3)24(4)13-15-6-8-16(19)9-7-15;/h6-9,17H,5,10-14H2,1-4H3,(H,20,21);1H. The SMILES string of the molecule is CCNC(=NCC1CN(C)CCN1C)N(C)Cc1ccc(Cl)cc1.I. The van der Waals surface area contributed by atoms with E-state index in [0.29, 0.717) is 6.04 Å². The molecule has 1 aliphatic heterocycles. The summed E-state index contributed by atoms with van der Waals surface area (Å²) in [4.78, 5) is 11.8. The lowest BCUT2D eigenvalue weighted by Crippen LogP contribution is -2.51. The van der Waals surface area contributed by atoms with E-state index in [4.69, 9.17) is 16.6 Å². The Hall–Kier alpha value is -0.570. The summed E-state index contributed by atoms with van der Waals surface area (Å²) in [6.07, 6.45) is 0. The molecule has 1 aromatic carbocycles. The van der Waals surface area contributed by atoms with Crippen LogP contribution in [0.2, 0.25) is 5.02 Å². The van der Waals surface area contributed by atoms with Crippen molar-refractivity contribution in [3.8, 4) is 0 Å². The summed E-state index contributed by atoms with van der Waals surface area (Å²) in [5, 5.41) is 4.17. The fraction of sp³-hybridized carbons (Fsp3) is 0.611. The number of guanidine groups is 1. The average Bonchev–Trinajstić information content (AvgIpc) is 2.56. The van der Waals surface area contributed by atoms with E-state index in [1.54, 1.807) is 0 Å². The first-order valence-electron chi connectivity index (χ1n) is 8.62. The molecule has 1 atom stereocenters. The van der Waals surface area contributed by atoms with Gasteiger partial charge in [-0.2, -0.15) is 0 Å². The molecule has 1 aromatic rings. The van der Waals surface area contributed by atoms with Gasteiger partial charge in [0.15, 0.2) is 5.96 Å². The first-order chi connectivity index (χ1) is 11.5. The smallest absolute Gasteiger partial charge is 0.194 e. The second kappa shape index (κ2) is 11.2. The molecule has 1 fully saturated rings. The zero-order valence-electron chi connectivity index (χ0n) is 15.7. The quantitative estimate of drug-likeness (QED) is 0.400. The first kappa shape index (κ1) is 22.5. The van der Waals surface area contributed by atoms with Crippen molar-refractivity contribution in [1.82, 2.24) is 20.0 Å². The van der Waals surface area contributed by atoms with Crippen molar-refractivity contribution >= 4 is 41.5 Å². The summed E-state index contributed by atoms with van der Waals surface area (Å²) in [5.41, 5.74) is 1.22. The molecule has 0 radical (unpaired) electrons. The summed E-state index contributed by atoms with van der Waals surface area (Å²) < 4.78 is 0. The molecular formula is C18H31ClIN5. The van der Waals surface area contributed by atoms with Crippen molar-refractivity contribution in [2.24, 2.45) is 4.99 Å². The molecule has 1 heterocycles. The number of nitrogens with one attached hydrogen (secondary N) is 1. The van der Waals surface area contributed by atoms with Crippen LogP contribution in [-0.4, -0.2) is 80.6 Å². The van der Waals surface area contributed by atoms with Crippen LogP contribution < -0.4 is 5.32 Å². The van der Waals surface area contributed by atoms with Crippen LogP contribution in [0, 0.1) is 0 Å². The summed E-state index contributed by atoms with van der Waals surface area (Å²) in [5.74, 6) is 0.953. The minimum atomic E-state index is 0. The highest BCUT2D eigenvalue weighted by atomic mass is 127. The van der Waals surface area contributed by atoms with Crippen molar-refractivity contribution in [3.63, 3.8) is 0 Å². The van der Waals surface area contributed by atoms with Gasteiger partial charge in [-0.05, 0) is 38.7 Å². The number of benzene rings is 1.